The van der Waals surface area contributed by atoms with Gasteiger partial charge in [0.2, 0.25) is 0 Å². The van der Waals surface area contributed by atoms with E-state index >= 15 is 0 Å². The lowest BCUT2D eigenvalue weighted by Gasteiger charge is -2.28. The van der Waals surface area contributed by atoms with Crippen LogP contribution in [-0.2, 0) is 18.7 Å². The van der Waals surface area contributed by atoms with Gasteiger partial charge in [0.15, 0.2) is 0 Å². The van der Waals surface area contributed by atoms with Gasteiger partial charge in [0.05, 0.1) is 13.1 Å². The van der Waals surface area contributed by atoms with Crippen molar-refractivity contribution in [3.05, 3.63) is 70.8 Å². The van der Waals surface area contributed by atoms with Crippen molar-refractivity contribution < 1.29 is 24.2 Å². The van der Waals surface area contributed by atoms with Gasteiger partial charge in [-0.25, -0.2) is 28.1 Å². The fourth-order valence-corrected chi connectivity index (χ4v) is 2.25. The van der Waals surface area contributed by atoms with Crippen molar-refractivity contribution in [1.29, 1.82) is 0 Å². The zero-order valence-corrected chi connectivity index (χ0v) is 13.1. The molecule has 11 nitrogen and oxygen atoms in total. The van der Waals surface area contributed by atoms with Gasteiger partial charge in [0, 0.05) is 11.6 Å². The van der Waals surface area contributed by atoms with Crippen LogP contribution < -0.4 is 0 Å². The van der Waals surface area contributed by atoms with Crippen molar-refractivity contribution >= 4 is 0 Å². The molecule has 3 aromatic rings. The number of hydrogen-bond acceptors (Lipinski definition) is 7. The first-order valence-corrected chi connectivity index (χ1v) is 6.96. The summed E-state index contributed by atoms with van der Waals surface area (Å²) in [5.41, 5.74) is -1.75. The highest BCUT2D eigenvalue weighted by Gasteiger charge is 2.34. The third kappa shape index (κ3) is 5.01. The van der Waals surface area contributed by atoms with Crippen LogP contribution in [0.2, 0.25) is 0 Å². The van der Waals surface area contributed by atoms with E-state index in [2.05, 4.69) is 20.2 Å². The van der Waals surface area contributed by atoms with Crippen molar-refractivity contribution in [2.75, 3.05) is 0 Å². The van der Waals surface area contributed by atoms with Gasteiger partial charge in [-0.3, -0.25) is 0 Å². The summed E-state index contributed by atoms with van der Waals surface area (Å²) in [6, 6.07) is 3.02. The fraction of sp³-hybridized carbons (Fsp3) is 0.231. The van der Waals surface area contributed by atoms with Crippen LogP contribution in [0.25, 0.3) is 0 Å². The Kier molecular flexibility index (Phi) is 5.85. The molecule has 0 unspecified atom stereocenters. The van der Waals surface area contributed by atoms with Crippen molar-refractivity contribution in [3.8, 4) is 0 Å². The molecular formula is C13H13F2N7O4. The van der Waals surface area contributed by atoms with Gasteiger partial charge in [-0.1, -0.05) is 6.07 Å². The molecular weight excluding hydrogens is 356 g/mol. The minimum atomic E-state index is -1.70. The number of halogens is 2. The highest BCUT2D eigenvalue weighted by atomic mass is 19.1. The SMILES string of the molecule is O=[N+]([O-])O.OC(Cn1cncn1)(Cn1cncn1)c1ccc(F)cc1F. The molecule has 1 aromatic carbocycles. The normalized spacial score (nSPS) is 10.9. The molecule has 2 aromatic heterocycles. The minimum Gasteiger partial charge on any atom is -0.381 e. The minimum absolute atomic E-state index is 0.0556. The molecule has 26 heavy (non-hydrogen) atoms. The van der Waals surface area contributed by atoms with Gasteiger partial charge in [0.25, 0.3) is 5.09 Å². The zero-order valence-electron chi connectivity index (χ0n) is 13.1. The molecule has 0 aliphatic heterocycles. The zero-order chi connectivity index (χ0) is 19.2. The molecule has 0 aliphatic rings. The molecule has 3 rings (SSSR count). The van der Waals surface area contributed by atoms with E-state index in [9.17, 15) is 13.9 Å². The van der Waals surface area contributed by atoms with E-state index in [1.165, 1.54) is 40.7 Å². The first-order valence-electron chi connectivity index (χ1n) is 6.96. The summed E-state index contributed by atoms with van der Waals surface area (Å²) >= 11 is 0. The lowest BCUT2D eigenvalue weighted by atomic mass is 9.93. The Hall–Kier alpha value is -3.48. The molecule has 2 heterocycles. The molecule has 2 N–H and O–H groups in total. The molecule has 0 spiro atoms. The standard InChI is InChI=1S/C13H12F2N6O.HNO3/c14-10-1-2-11(12(15)3-10)13(22,4-20-8-16-6-18-20)5-21-9-17-7-19-21;2-1(3)4/h1-3,6-9,22H,4-5H2;(H,2,3,4). The van der Waals surface area contributed by atoms with E-state index in [-0.39, 0.29) is 18.7 Å². The average molecular weight is 369 g/mol. The third-order valence-electron chi connectivity index (χ3n) is 3.21. The molecule has 0 aliphatic carbocycles. The Bertz CT molecular complexity index is 802. The number of nitrogens with zero attached hydrogens (tertiary/aromatic N) is 7. The van der Waals surface area contributed by atoms with Gasteiger partial charge in [-0.2, -0.15) is 10.2 Å². The van der Waals surface area contributed by atoms with Crippen molar-refractivity contribution in [1.82, 2.24) is 29.5 Å². The van der Waals surface area contributed by atoms with Gasteiger partial charge in [0.1, 0.15) is 42.5 Å². The van der Waals surface area contributed by atoms with E-state index in [0.29, 0.717) is 0 Å². The summed E-state index contributed by atoms with van der Waals surface area (Å²) in [7, 11) is 0. The van der Waals surface area contributed by atoms with E-state index in [1.54, 1.807) is 0 Å². The quantitative estimate of drug-likeness (QED) is 0.485. The first-order chi connectivity index (χ1) is 12.3. The summed E-state index contributed by atoms with van der Waals surface area (Å²) in [5.74, 6) is -1.56. The number of aliphatic hydroxyl groups is 1. The molecule has 0 radical (unpaired) electrons. The molecule has 13 heteroatoms. The Balaban J connectivity index is 0.000000552. The summed E-state index contributed by atoms with van der Waals surface area (Å²) < 4.78 is 29.9. The Morgan fingerprint density at radius 3 is 2.00 bits per heavy atom. The highest BCUT2D eigenvalue weighted by molar-refractivity contribution is 5.25. The summed E-state index contributed by atoms with van der Waals surface area (Å²) in [6.07, 6.45) is 5.40. The molecule has 138 valence electrons. The second-order valence-corrected chi connectivity index (χ2v) is 5.08. The number of benzene rings is 1. The van der Waals surface area contributed by atoms with Crippen LogP contribution in [0.15, 0.2) is 43.5 Å². The van der Waals surface area contributed by atoms with Crippen LogP contribution >= 0.6 is 0 Å². The lowest BCUT2D eigenvalue weighted by molar-refractivity contribution is -0.742. The lowest BCUT2D eigenvalue weighted by Crippen LogP contribution is -2.37. The molecule has 0 saturated heterocycles. The second kappa shape index (κ2) is 8.06. The maximum atomic E-state index is 14.1. The van der Waals surface area contributed by atoms with Gasteiger partial charge < -0.3 is 10.3 Å². The van der Waals surface area contributed by atoms with Crippen molar-refractivity contribution in [2.45, 2.75) is 18.7 Å². The monoisotopic (exact) mass is 369 g/mol. The predicted octanol–water partition coefficient (Wildman–Crippen LogP) is 0.388. The van der Waals surface area contributed by atoms with Crippen molar-refractivity contribution in [2.24, 2.45) is 0 Å². The van der Waals surface area contributed by atoms with Crippen LogP contribution in [0.4, 0.5) is 8.78 Å². The van der Waals surface area contributed by atoms with E-state index < -0.39 is 22.3 Å². The van der Waals surface area contributed by atoms with Crippen LogP contribution in [-0.4, -0.2) is 44.9 Å². The van der Waals surface area contributed by atoms with E-state index in [1.807, 2.05) is 0 Å². The Morgan fingerprint density at radius 1 is 1.12 bits per heavy atom. The number of hydrogen-bond donors (Lipinski definition) is 2. The molecule has 0 atom stereocenters. The average Bonchev–Trinajstić information content (AvgIpc) is 3.20. The van der Waals surface area contributed by atoms with Crippen LogP contribution in [0, 0.1) is 21.7 Å². The maximum absolute atomic E-state index is 14.1. The molecule has 0 saturated carbocycles. The van der Waals surface area contributed by atoms with Gasteiger partial charge in [-0.15, -0.1) is 10.1 Å². The predicted molar refractivity (Wildman–Crippen MR) is 79.1 cm³/mol. The second-order valence-electron chi connectivity index (χ2n) is 5.08. The third-order valence-corrected chi connectivity index (χ3v) is 3.21. The Morgan fingerprint density at radius 2 is 1.62 bits per heavy atom. The first kappa shape index (κ1) is 18.9. The van der Waals surface area contributed by atoms with Gasteiger partial charge >= 0.3 is 0 Å². The molecule has 0 fully saturated rings. The van der Waals surface area contributed by atoms with Crippen LogP contribution in [0.5, 0.6) is 0 Å². The fourth-order valence-electron chi connectivity index (χ4n) is 2.25. The van der Waals surface area contributed by atoms with Crippen molar-refractivity contribution in [3.63, 3.8) is 0 Å². The maximum Gasteiger partial charge on any atom is 0.291 e. The molecule has 0 amide bonds. The van der Waals surface area contributed by atoms with E-state index in [0.717, 1.165) is 12.1 Å². The van der Waals surface area contributed by atoms with Crippen LogP contribution in [0.3, 0.4) is 0 Å². The Labute approximate surface area is 144 Å². The summed E-state index contributed by atoms with van der Waals surface area (Å²) in [4.78, 5) is 15.9. The smallest absolute Gasteiger partial charge is 0.291 e. The molecule has 0 bridgehead atoms. The van der Waals surface area contributed by atoms with Crippen LogP contribution in [0.1, 0.15) is 5.56 Å². The summed E-state index contributed by atoms with van der Waals surface area (Å²) in [6.45, 7) is -0.148. The highest BCUT2D eigenvalue weighted by Crippen LogP contribution is 2.28. The summed E-state index contributed by atoms with van der Waals surface area (Å²) in [5, 5.41) is 32.4. The number of rotatable bonds is 5. The van der Waals surface area contributed by atoms with Gasteiger partial charge in [-0.05, 0) is 6.07 Å². The number of aromatic nitrogens is 6. The topological polar surface area (TPSA) is 145 Å². The van der Waals surface area contributed by atoms with E-state index in [4.69, 9.17) is 15.3 Å². The largest absolute Gasteiger partial charge is 0.381 e.